The van der Waals surface area contributed by atoms with Crippen molar-refractivity contribution in [3.05, 3.63) is 88.4 Å². The van der Waals surface area contributed by atoms with E-state index >= 15 is 0 Å². The normalized spacial score (nSPS) is 16.1. The van der Waals surface area contributed by atoms with E-state index < -0.39 is 23.5 Å². The van der Waals surface area contributed by atoms with Gasteiger partial charge in [-0.3, -0.25) is 4.90 Å². The Morgan fingerprint density at radius 1 is 1.03 bits per heavy atom. The zero-order valence-corrected chi connectivity index (χ0v) is 20.2. The van der Waals surface area contributed by atoms with Gasteiger partial charge in [0.05, 0.1) is 48.6 Å². The Kier molecular flexibility index (Phi) is 7.62. The van der Waals surface area contributed by atoms with Crippen LogP contribution < -0.4 is 10.6 Å². The average molecular weight is 476 g/mol. The SMILES string of the molecule is CCC(O)(CC)c1ccccc1N1C(N)=C(C#N)C(c2ccccc2)C(C(=O)OC)=C1C(=O)OC. The molecule has 1 atom stereocenters. The van der Waals surface area contributed by atoms with Crippen molar-refractivity contribution in [2.24, 2.45) is 5.73 Å². The van der Waals surface area contributed by atoms with E-state index in [-0.39, 0.29) is 22.7 Å². The van der Waals surface area contributed by atoms with E-state index in [1.807, 2.05) is 13.8 Å². The predicted molar refractivity (Wildman–Crippen MR) is 130 cm³/mol. The summed E-state index contributed by atoms with van der Waals surface area (Å²) in [6, 6.07) is 17.8. The molecule has 35 heavy (non-hydrogen) atoms. The van der Waals surface area contributed by atoms with Crippen LogP contribution in [0.1, 0.15) is 43.7 Å². The standard InChI is InChI=1S/C27H29N3O5/c1-5-27(33,6-2)19-14-10-11-15-20(19)30-23(26(32)35-4)22(25(31)34-3)21(18(16-28)24(30)29)17-12-8-7-9-13-17/h7-15,21,33H,5-6,29H2,1-4H3. The van der Waals surface area contributed by atoms with Gasteiger partial charge in [-0.25, -0.2) is 9.59 Å². The van der Waals surface area contributed by atoms with E-state index in [1.54, 1.807) is 54.6 Å². The number of ether oxygens (including phenoxy) is 2. The summed E-state index contributed by atoms with van der Waals surface area (Å²) in [6.07, 6.45) is 0.772. The van der Waals surface area contributed by atoms with Crippen LogP contribution in [0.5, 0.6) is 0 Å². The number of anilines is 1. The minimum atomic E-state index is -1.24. The molecule has 1 aliphatic heterocycles. The van der Waals surface area contributed by atoms with Crippen LogP contribution in [0, 0.1) is 11.3 Å². The van der Waals surface area contributed by atoms with Gasteiger partial charge in [-0.15, -0.1) is 0 Å². The molecule has 0 saturated carbocycles. The fraction of sp³-hybridized carbons (Fsp3) is 0.296. The lowest BCUT2D eigenvalue weighted by atomic mass is 9.80. The van der Waals surface area contributed by atoms with E-state index in [0.717, 1.165) is 0 Å². The summed E-state index contributed by atoms with van der Waals surface area (Å²) >= 11 is 0. The molecule has 8 heteroatoms. The van der Waals surface area contributed by atoms with Crippen LogP contribution in [-0.2, 0) is 24.7 Å². The number of carbonyl (C=O) groups excluding carboxylic acids is 2. The first-order valence-corrected chi connectivity index (χ1v) is 11.3. The number of rotatable bonds is 7. The van der Waals surface area contributed by atoms with E-state index in [4.69, 9.17) is 15.2 Å². The van der Waals surface area contributed by atoms with Crippen LogP contribution >= 0.6 is 0 Å². The summed E-state index contributed by atoms with van der Waals surface area (Å²) in [4.78, 5) is 27.8. The highest BCUT2D eigenvalue weighted by atomic mass is 16.5. The number of nitrogens with two attached hydrogens (primary N) is 1. The van der Waals surface area contributed by atoms with Crippen molar-refractivity contribution < 1.29 is 24.2 Å². The third-order valence-corrected chi connectivity index (χ3v) is 6.43. The van der Waals surface area contributed by atoms with Gasteiger partial charge in [0.15, 0.2) is 0 Å². The number of carbonyl (C=O) groups is 2. The number of methoxy groups -OCH3 is 2. The zero-order chi connectivity index (χ0) is 25.8. The third kappa shape index (κ3) is 4.38. The van der Waals surface area contributed by atoms with Crippen molar-refractivity contribution in [1.82, 2.24) is 0 Å². The molecule has 0 amide bonds. The summed E-state index contributed by atoms with van der Waals surface area (Å²) in [7, 11) is 2.39. The maximum Gasteiger partial charge on any atom is 0.355 e. The lowest BCUT2D eigenvalue weighted by Crippen LogP contribution is -2.42. The summed E-state index contributed by atoms with van der Waals surface area (Å²) in [5.41, 5.74) is 6.59. The molecule has 0 aliphatic carbocycles. The van der Waals surface area contributed by atoms with Gasteiger partial charge >= 0.3 is 11.9 Å². The summed E-state index contributed by atoms with van der Waals surface area (Å²) < 4.78 is 10.1. The van der Waals surface area contributed by atoms with Crippen LogP contribution in [0.15, 0.2) is 77.3 Å². The van der Waals surface area contributed by atoms with Gasteiger partial charge in [-0.05, 0) is 24.5 Å². The second-order valence-corrected chi connectivity index (χ2v) is 8.09. The topological polar surface area (TPSA) is 126 Å². The molecule has 1 heterocycles. The molecule has 182 valence electrons. The molecule has 0 fully saturated rings. The minimum absolute atomic E-state index is 0.0450. The lowest BCUT2D eigenvalue weighted by Gasteiger charge is -2.38. The molecule has 1 aliphatic rings. The highest BCUT2D eigenvalue weighted by molar-refractivity contribution is 6.06. The van der Waals surface area contributed by atoms with Crippen LogP contribution in [-0.4, -0.2) is 31.3 Å². The maximum atomic E-state index is 13.2. The molecule has 8 nitrogen and oxygen atoms in total. The van der Waals surface area contributed by atoms with Crippen molar-refractivity contribution in [2.75, 3.05) is 19.1 Å². The molecule has 2 aromatic rings. The van der Waals surface area contributed by atoms with Gasteiger partial charge in [-0.1, -0.05) is 62.4 Å². The Bertz CT molecular complexity index is 1220. The van der Waals surface area contributed by atoms with Gasteiger partial charge in [0, 0.05) is 5.56 Å². The Balaban J connectivity index is 2.47. The minimum Gasteiger partial charge on any atom is -0.466 e. The Hall–Kier alpha value is -4.09. The van der Waals surface area contributed by atoms with E-state index in [1.165, 1.54) is 19.1 Å². The molecule has 1 unspecified atom stereocenters. The number of hydrogen-bond donors (Lipinski definition) is 2. The molecule has 0 radical (unpaired) electrons. The largest absolute Gasteiger partial charge is 0.466 e. The number of aliphatic hydroxyl groups is 1. The zero-order valence-electron chi connectivity index (χ0n) is 20.2. The Labute approximate surface area is 204 Å². The fourth-order valence-corrected chi connectivity index (χ4v) is 4.46. The van der Waals surface area contributed by atoms with Crippen LogP contribution in [0.2, 0.25) is 0 Å². The molecule has 0 spiro atoms. The highest BCUT2D eigenvalue weighted by Crippen LogP contribution is 2.45. The van der Waals surface area contributed by atoms with Crippen LogP contribution in [0.3, 0.4) is 0 Å². The van der Waals surface area contributed by atoms with Gasteiger partial charge in [0.1, 0.15) is 11.5 Å². The highest BCUT2D eigenvalue weighted by Gasteiger charge is 2.44. The number of esters is 2. The number of benzene rings is 2. The fourth-order valence-electron chi connectivity index (χ4n) is 4.46. The van der Waals surface area contributed by atoms with E-state index in [0.29, 0.717) is 29.7 Å². The molecule has 0 aromatic heterocycles. The first-order valence-electron chi connectivity index (χ1n) is 11.3. The van der Waals surface area contributed by atoms with Crippen LogP contribution in [0.4, 0.5) is 5.69 Å². The quantitative estimate of drug-likeness (QED) is 0.582. The molecule has 0 saturated heterocycles. The summed E-state index contributed by atoms with van der Waals surface area (Å²) in [5, 5.41) is 21.6. The van der Waals surface area contributed by atoms with Crippen molar-refractivity contribution in [1.29, 1.82) is 5.26 Å². The molecule has 3 rings (SSSR count). The van der Waals surface area contributed by atoms with Crippen molar-refractivity contribution in [3.63, 3.8) is 0 Å². The number of hydrogen-bond acceptors (Lipinski definition) is 8. The van der Waals surface area contributed by atoms with E-state index in [2.05, 4.69) is 6.07 Å². The monoisotopic (exact) mass is 475 g/mol. The number of nitriles is 1. The third-order valence-electron chi connectivity index (χ3n) is 6.43. The van der Waals surface area contributed by atoms with Gasteiger partial charge in [-0.2, -0.15) is 5.26 Å². The first-order chi connectivity index (χ1) is 16.8. The summed E-state index contributed by atoms with van der Waals surface area (Å²) in [5.74, 6) is -2.64. The first kappa shape index (κ1) is 25.5. The second-order valence-electron chi connectivity index (χ2n) is 8.09. The number of nitrogens with zero attached hydrogens (tertiary/aromatic N) is 2. The molecule has 0 bridgehead atoms. The molecule has 3 N–H and O–H groups in total. The Morgan fingerprint density at radius 2 is 1.60 bits per heavy atom. The Morgan fingerprint density at radius 3 is 2.14 bits per heavy atom. The molecular weight excluding hydrogens is 446 g/mol. The van der Waals surface area contributed by atoms with Crippen molar-refractivity contribution in [3.8, 4) is 6.07 Å². The van der Waals surface area contributed by atoms with Gasteiger partial charge < -0.3 is 20.3 Å². The molecular formula is C27H29N3O5. The molecule has 2 aromatic carbocycles. The smallest absolute Gasteiger partial charge is 0.355 e. The van der Waals surface area contributed by atoms with Crippen molar-refractivity contribution >= 4 is 17.6 Å². The summed E-state index contributed by atoms with van der Waals surface area (Å²) in [6.45, 7) is 3.69. The van der Waals surface area contributed by atoms with Crippen molar-refractivity contribution in [2.45, 2.75) is 38.2 Å². The lowest BCUT2D eigenvalue weighted by molar-refractivity contribution is -0.139. The van der Waals surface area contributed by atoms with Gasteiger partial charge in [0.2, 0.25) is 0 Å². The maximum absolute atomic E-state index is 13.2. The van der Waals surface area contributed by atoms with Gasteiger partial charge in [0.25, 0.3) is 0 Å². The number of para-hydroxylation sites is 1. The van der Waals surface area contributed by atoms with Crippen LogP contribution in [0.25, 0.3) is 0 Å². The average Bonchev–Trinajstić information content (AvgIpc) is 2.91. The second kappa shape index (κ2) is 10.5. The predicted octanol–water partition coefficient (Wildman–Crippen LogP) is 3.59. The van der Waals surface area contributed by atoms with E-state index in [9.17, 15) is 20.0 Å². The number of allylic oxidation sites excluding steroid dienone is 1.